The van der Waals surface area contributed by atoms with E-state index in [-0.39, 0.29) is 12.5 Å². The highest BCUT2D eigenvalue weighted by Crippen LogP contribution is 2.23. The van der Waals surface area contributed by atoms with Crippen molar-refractivity contribution < 1.29 is 14.7 Å². The highest BCUT2D eigenvalue weighted by molar-refractivity contribution is 5.83. The Balaban J connectivity index is 1.83. The molecule has 122 valence electrons. The zero-order valence-corrected chi connectivity index (χ0v) is 12.8. The lowest BCUT2D eigenvalue weighted by molar-refractivity contribution is -0.153. The van der Waals surface area contributed by atoms with Gasteiger partial charge in [0.05, 0.1) is 0 Å². The number of hydrogen-bond donors (Lipinski definition) is 1. The molecule has 0 saturated carbocycles. The molecule has 1 aliphatic heterocycles. The standard InChI is InChI=1S/C15H18N4O4/c1-10-5-7-17(11(8-10)14(21)22)13(20)9-19-15(23)18-6-3-2-4-12(18)16-19/h2-4,6,10-11H,5,7-9H2,1H3,(H,21,22). The lowest BCUT2D eigenvalue weighted by Gasteiger charge is -2.35. The van der Waals surface area contributed by atoms with Gasteiger partial charge in [-0.1, -0.05) is 13.0 Å². The summed E-state index contributed by atoms with van der Waals surface area (Å²) in [5.41, 5.74) is 0.0403. The van der Waals surface area contributed by atoms with Crippen molar-refractivity contribution in [2.24, 2.45) is 5.92 Å². The topological polar surface area (TPSA) is 96.9 Å². The van der Waals surface area contributed by atoms with Crippen LogP contribution in [0.15, 0.2) is 29.2 Å². The number of nitrogens with zero attached hydrogens (tertiary/aromatic N) is 4. The molecule has 2 aromatic heterocycles. The maximum absolute atomic E-state index is 12.5. The molecule has 1 amide bonds. The van der Waals surface area contributed by atoms with Gasteiger partial charge in [0.1, 0.15) is 12.6 Å². The van der Waals surface area contributed by atoms with Crippen molar-refractivity contribution in [2.45, 2.75) is 32.4 Å². The minimum Gasteiger partial charge on any atom is -0.480 e. The molecule has 3 heterocycles. The molecule has 23 heavy (non-hydrogen) atoms. The van der Waals surface area contributed by atoms with Crippen molar-refractivity contribution in [3.05, 3.63) is 34.9 Å². The Labute approximate surface area is 131 Å². The average Bonchev–Trinajstić information content (AvgIpc) is 2.83. The minimum atomic E-state index is -1.01. The van der Waals surface area contributed by atoms with Gasteiger partial charge in [0.15, 0.2) is 5.65 Å². The molecule has 3 rings (SSSR count). The number of likely N-dealkylation sites (tertiary alicyclic amines) is 1. The summed E-state index contributed by atoms with van der Waals surface area (Å²) >= 11 is 0. The van der Waals surface area contributed by atoms with Crippen molar-refractivity contribution in [3.63, 3.8) is 0 Å². The van der Waals surface area contributed by atoms with Crippen molar-refractivity contribution >= 4 is 17.5 Å². The molecule has 2 unspecified atom stereocenters. The van der Waals surface area contributed by atoms with Crippen LogP contribution in [0.25, 0.3) is 5.65 Å². The predicted octanol–water partition coefficient (Wildman–Crippen LogP) is 0.208. The Kier molecular flexibility index (Phi) is 3.89. The molecule has 0 radical (unpaired) electrons. The third kappa shape index (κ3) is 2.84. The first-order chi connectivity index (χ1) is 11.0. The Bertz CT molecular complexity index is 809. The third-order valence-corrected chi connectivity index (χ3v) is 4.24. The number of amides is 1. The maximum Gasteiger partial charge on any atom is 0.350 e. The monoisotopic (exact) mass is 318 g/mol. The number of piperidine rings is 1. The molecule has 1 fully saturated rings. The van der Waals surface area contributed by atoms with Gasteiger partial charge in [-0.05, 0) is 30.9 Å². The van der Waals surface area contributed by atoms with E-state index in [2.05, 4.69) is 5.10 Å². The summed E-state index contributed by atoms with van der Waals surface area (Å²) in [6, 6.07) is 4.29. The van der Waals surface area contributed by atoms with Crippen LogP contribution in [0.1, 0.15) is 19.8 Å². The molecule has 1 saturated heterocycles. The van der Waals surface area contributed by atoms with E-state index in [1.54, 1.807) is 24.4 Å². The highest BCUT2D eigenvalue weighted by Gasteiger charge is 2.34. The largest absolute Gasteiger partial charge is 0.480 e. The Morgan fingerprint density at radius 3 is 2.87 bits per heavy atom. The van der Waals surface area contributed by atoms with Gasteiger partial charge >= 0.3 is 11.7 Å². The molecule has 2 atom stereocenters. The summed E-state index contributed by atoms with van der Waals surface area (Å²) in [5.74, 6) is -1.14. The molecule has 2 aromatic rings. The Morgan fingerprint density at radius 1 is 1.39 bits per heavy atom. The van der Waals surface area contributed by atoms with E-state index in [4.69, 9.17) is 0 Å². The Morgan fingerprint density at radius 2 is 2.17 bits per heavy atom. The van der Waals surface area contributed by atoms with Crippen LogP contribution in [0, 0.1) is 5.92 Å². The molecule has 0 aromatic carbocycles. The van der Waals surface area contributed by atoms with Gasteiger partial charge in [-0.15, -0.1) is 5.10 Å². The summed E-state index contributed by atoms with van der Waals surface area (Å²) in [5, 5.41) is 13.4. The number of rotatable bonds is 3. The van der Waals surface area contributed by atoms with E-state index in [1.807, 2.05) is 6.92 Å². The van der Waals surface area contributed by atoms with E-state index < -0.39 is 23.6 Å². The number of fused-ring (bicyclic) bond motifs is 1. The second kappa shape index (κ2) is 5.86. The van der Waals surface area contributed by atoms with Crippen molar-refractivity contribution in [1.29, 1.82) is 0 Å². The van der Waals surface area contributed by atoms with Crippen molar-refractivity contribution in [1.82, 2.24) is 19.1 Å². The third-order valence-electron chi connectivity index (χ3n) is 4.24. The van der Waals surface area contributed by atoms with Crippen LogP contribution in [0.2, 0.25) is 0 Å². The fourth-order valence-corrected chi connectivity index (χ4v) is 2.96. The molecule has 1 N–H and O–H groups in total. The van der Waals surface area contributed by atoms with Crippen LogP contribution in [-0.2, 0) is 16.1 Å². The number of aromatic nitrogens is 3. The molecular weight excluding hydrogens is 300 g/mol. The molecule has 0 spiro atoms. The summed E-state index contributed by atoms with van der Waals surface area (Å²) in [6.07, 6.45) is 2.77. The number of carboxylic acid groups (broad SMARTS) is 1. The minimum absolute atomic E-state index is 0.251. The molecule has 0 aliphatic carbocycles. The molecule has 8 heteroatoms. The van der Waals surface area contributed by atoms with Gasteiger partial charge in [-0.25, -0.2) is 14.3 Å². The smallest absolute Gasteiger partial charge is 0.350 e. The van der Waals surface area contributed by atoms with E-state index >= 15 is 0 Å². The van der Waals surface area contributed by atoms with Gasteiger partial charge in [0, 0.05) is 12.7 Å². The summed E-state index contributed by atoms with van der Waals surface area (Å²) < 4.78 is 2.43. The second-order valence-corrected chi connectivity index (χ2v) is 5.94. The Hall–Kier alpha value is -2.64. The lowest BCUT2D eigenvalue weighted by atomic mass is 9.92. The molecule has 8 nitrogen and oxygen atoms in total. The zero-order valence-electron chi connectivity index (χ0n) is 12.8. The molecular formula is C15H18N4O4. The second-order valence-electron chi connectivity index (χ2n) is 5.94. The molecule has 0 bridgehead atoms. The average molecular weight is 318 g/mol. The number of carbonyl (C=O) groups excluding carboxylic acids is 1. The van der Waals surface area contributed by atoms with Gasteiger partial charge in [-0.3, -0.25) is 9.20 Å². The van der Waals surface area contributed by atoms with Gasteiger partial charge < -0.3 is 10.0 Å². The first-order valence-electron chi connectivity index (χ1n) is 7.54. The van der Waals surface area contributed by atoms with E-state index in [0.717, 1.165) is 11.1 Å². The number of aliphatic carboxylic acids is 1. The summed E-state index contributed by atoms with van der Waals surface area (Å²) in [7, 11) is 0. The normalized spacial score (nSPS) is 21.5. The lowest BCUT2D eigenvalue weighted by Crippen LogP contribution is -2.51. The molecule has 1 aliphatic rings. The van der Waals surface area contributed by atoms with E-state index in [0.29, 0.717) is 18.6 Å². The van der Waals surface area contributed by atoms with Gasteiger partial charge in [0.2, 0.25) is 5.91 Å². The van der Waals surface area contributed by atoms with Crippen LogP contribution in [0.3, 0.4) is 0 Å². The van der Waals surface area contributed by atoms with Crippen LogP contribution >= 0.6 is 0 Å². The fraction of sp³-hybridized carbons (Fsp3) is 0.467. The number of hydrogen-bond acceptors (Lipinski definition) is 4. The van der Waals surface area contributed by atoms with E-state index in [9.17, 15) is 19.5 Å². The quantitative estimate of drug-likeness (QED) is 0.872. The van der Waals surface area contributed by atoms with Crippen molar-refractivity contribution in [2.75, 3.05) is 6.54 Å². The maximum atomic E-state index is 12.5. The SMILES string of the molecule is CC1CCN(C(=O)Cn2nc3ccccn3c2=O)C(C(=O)O)C1. The van der Waals surface area contributed by atoms with Gasteiger partial charge in [0.25, 0.3) is 0 Å². The van der Waals surface area contributed by atoms with Crippen LogP contribution in [-0.4, -0.2) is 48.7 Å². The van der Waals surface area contributed by atoms with Crippen LogP contribution in [0.5, 0.6) is 0 Å². The number of carbonyl (C=O) groups is 2. The van der Waals surface area contributed by atoms with Crippen LogP contribution in [0.4, 0.5) is 0 Å². The first-order valence-corrected chi connectivity index (χ1v) is 7.54. The first kappa shape index (κ1) is 15.3. The van der Waals surface area contributed by atoms with Gasteiger partial charge in [-0.2, -0.15) is 0 Å². The highest BCUT2D eigenvalue weighted by atomic mass is 16.4. The summed E-state index contributed by atoms with van der Waals surface area (Å²) in [6.45, 7) is 2.11. The number of pyridine rings is 1. The number of carboxylic acids is 1. The predicted molar refractivity (Wildman–Crippen MR) is 81.0 cm³/mol. The van der Waals surface area contributed by atoms with Crippen LogP contribution < -0.4 is 5.69 Å². The fourth-order valence-electron chi connectivity index (χ4n) is 2.96. The van der Waals surface area contributed by atoms with Crippen molar-refractivity contribution in [3.8, 4) is 0 Å². The summed E-state index contributed by atoms with van der Waals surface area (Å²) in [4.78, 5) is 37.4. The van der Waals surface area contributed by atoms with E-state index in [1.165, 1.54) is 9.30 Å². The zero-order chi connectivity index (χ0) is 16.6.